The number of nitrogens with two attached hydrogens (primary N) is 1. The van der Waals surface area contributed by atoms with Gasteiger partial charge in [-0.05, 0) is 26.2 Å². The van der Waals surface area contributed by atoms with Gasteiger partial charge in [0, 0.05) is 25.2 Å². The highest BCUT2D eigenvalue weighted by Gasteiger charge is 2.32. The van der Waals surface area contributed by atoms with E-state index in [0.29, 0.717) is 13.1 Å². The molecule has 96 valence electrons. The zero-order valence-electron chi connectivity index (χ0n) is 10.3. The van der Waals surface area contributed by atoms with Crippen LogP contribution in [0, 0.1) is 5.92 Å². The third-order valence-corrected chi connectivity index (χ3v) is 4.79. The van der Waals surface area contributed by atoms with Gasteiger partial charge in [-0.15, -0.1) is 0 Å². The van der Waals surface area contributed by atoms with Crippen LogP contribution in [0.5, 0.6) is 0 Å². The van der Waals surface area contributed by atoms with Gasteiger partial charge in [0.15, 0.2) is 0 Å². The first-order valence-corrected chi connectivity index (χ1v) is 7.33. The van der Waals surface area contributed by atoms with Crippen molar-refractivity contribution in [1.82, 2.24) is 9.03 Å². The first-order valence-electron chi connectivity index (χ1n) is 5.89. The quantitative estimate of drug-likeness (QED) is 0.752. The molecular weight excluding hydrogens is 226 g/mol. The van der Waals surface area contributed by atoms with Crippen LogP contribution in [0.3, 0.4) is 0 Å². The highest BCUT2D eigenvalue weighted by atomic mass is 32.2. The smallest absolute Gasteiger partial charge is 0.279 e. The van der Waals surface area contributed by atoms with Gasteiger partial charge in [0.25, 0.3) is 10.2 Å². The highest BCUT2D eigenvalue weighted by molar-refractivity contribution is 7.87. The predicted octanol–water partition coefficient (Wildman–Crippen LogP) is 0.288. The summed E-state index contributed by atoms with van der Waals surface area (Å²) >= 11 is 0. The van der Waals surface area contributed by atoms with Crippen molar-refractivity contribution in [3.05, 3.63) is 0 Å². The lowest BCUT2D eigenvalue weighted by Gasteiger charge is -2.35. The summed E-state index contributed by atoms with van der Waals surface area (Å²) in [5, 5.41) is 0. The lowest BCUT2D eigenvalue weighted by atomic mass is 9.92. The second-order valence-electron chi connectivity index (χ2n) is 4.76. The van der Waals surface area contributed by atoms with E-state index in [2.05, 4.69) is 11.6 Å². The molecule has 1 heterocycles. The molecular formula is C10H23N3O2S. The van der Waals surface area contributed by atoms with Crippen molar-refractivity contribution in [3.63, 3.8) is 0 Å². The molecule has 1 fully saturated rings. The highest BCUT2D eigenvalue weighted by Crippen LogP contribution is 2.20. The normalized spacial score (nSPS) is 28.6. The summed E-state index contributed by atoms with van der Waals surface area (Å²) in [5.74, 6) is 0.275. The van der Waals surface area contributed by atoms with Gasteiger partial charge in [-0.25, -0.2) is 0 Å². The van der Waals surface area contributed by atoms with Crippen LogP contribution in [0.4, 0.5) is 0 Å². The summed E-state index contributed by atoms with van der Waals surface area (Å²) in [5.41, 5.74) is 5.95. The Hall–Kier alpha value is -0.170. The van der Waals surface area contributed by atoms with Gasteiger partial charge in [-0.3, -0.25) is 0 Å². The Morgan fingerprint density at radius 1 is 1.50 bits per heavy atom. The molecule has 0 saturated carbocycles. The molecule has 1 saturated heterocycles. The van der Waals surface area contributed by atoms with E-state index in [0.717, 1.165) is 12.8 Å². The van der Waals surface area contributed by atoms with Crippen LogP contribution in [-0.2, 0) is 10.2 Å². The van der Waals surface area contributed by atoms with Gasteiger partial charge in [0.05, 0.1) is 0 Å². The molecule has 0 bridgehead atoms. The number of piperidine rings is 1. The summed E-state index contributed by atoms with van der Waals surface area (Å²) in [4.78, 5) is 0. The largest absolute Gasteiger partial charge is 0.327 e. The van der Waals surface area contributed by atoms with E-state index in [1.165, 1.54) is 4.31 Å². The minimum Gasteiger partial charge on any atom is -0.327 e. The van der Waals surface area contributed by atoms with Crippen LogP contribution >= 0.6 is 0 Å². The number of hydrogen-bond donors (Lipinski definition) is 2. The Morgan fingerprint density at radius 2 is 2.12 bits per heavy atom. The van der Waals surface area contributed by atoms with Gasteiger partial charge < -0.3 is 5.73 Å². The first-order chi connectivity index (χ1) is 7.36. The summed E-state index contributed by atoms with van der Waals surface area (Å²) in [6.45, 7) is 6.77. The van der Waals surface area contributed by atoms with Crippen molar-refractivity contribution in [2.24, 2.45) is 11.7 Å². The fourth-order valence-corrected chi connectivity index (χ4v) is 3.52. The molecule has 2 atom stereocenters. The summed E-state index contributed by atoms with van der Waals surface area (Å²) in [6.07, 6.45) is 1.67. The third-order valence-electron chi connectivity index (χ3n) is 3.00. The maximum absolute atomic E-state index is 11.9. The van der Waals surface area contributed by atoms with E-state index in [9.17, 15) is 8.42 Å². The molecule has 1 aliphatic rings. The average Bonchev–Trinajstić information content (AvgIpc) is 2.16. The lowest BCUT2D eigenvalue weighted by molar-refractivity contribution is 0.228. The Kier molecular flexibility index (Phi) is 4.73. The van der Waals surface area contributed by atoms with Gasteiger partial charge in [-0.2, -0.15) is 17.4 Å². The van der Waals surface area contributed by atoms with Crippen LogP contribution in [-0.4, -0.2) is 37.9 Å². The van der Waals surface area contributed by atoms with Gasteiger partial charge in [0.2, 0.25) is 0 Å². The maximum atomic E-state index is 11.9. The molecule has 1 aliphatic heterocycles. The molecule has 0 spiro atoms. The molecule has 0 aromatic heterocycles. The zero-order valence-corrected chi connectivity index (χ0v) is 11.1. The number of hydrogen-bond acceptors (Lipinski definition) is 3. The van der Waals surface area contributed by atoms with Crippen molar-refractivity contribution < 1.29 is 8.42 Å². The predicted molar refractivity (Wildman–Crippen MR) is 65.1 cm³/mol. The molecule has 16 heavy (non-hydrogen) atoms. The third kappa shape index (κ3) is 3.41. The van der Waals surface area contributed by atoms with Gasteiger partial charge >= 0.3 is 0 Å². The maximum Gasteiger partial charge on any atom is 0.279 e. The second kappa shape index (κ2) is 5.44. The van der Waals surface area contributed by atoms with E-state index >= 15 is 0 Å². The molecule has 6 heteroatoms. The van der Waals surface area contributed by atoms with Crippen LogP contribution < -0.4 is 10.5 Å². The minimum absolute atomic E-state index is 0.0688. The molecule has 0 aliphatic carbocycles. The van der Waals surface area contributed by atoms with E-state index in [1.54, 1.807) is 0 Å². The van der Waals surface area contributed by atoms with Crippen LogP contribution in [0.1, 0.15) is 33.6 Å². The first kappa shape index (κ1) is 13.9. The Morgan fingerprint density at radius 3 is 2.62 bits per heavy atom. The van der Waals surface area contributed by atoms with Crippen molar-refractivity contribution >= 4 is 10.2 Å². The molecule has 1 rings (SSSR count). The Bertz CT molecular complexity index is 316. The summed E-state index contributed by atoms with van der Waals surface area (Å²) in [6, 6.07) is 0.0659. The number of rotatable bonds is 4. The molecule has 3 N–H and O–H groups in total. The fraction of sp³-hybridized carbons (Fsp3) is 1.00. The molecule has 0 aromatic carbocycles. The molecule has 0 amide bonds. The molecule has 2 unspecified atom stereocenters. The summed E-state index contributed by atoms with van der Waals surface area (Å²) < 4.78 is 28.0. The number of nitrogens with one attached hydrogen (secondary N) is 1. The monoisotopic (exact) mass is 249 g/mol. The molecule has 0 aromatic rings. The van der Waals surface area contributed by atoms with Crippen molar-refractivity contribution in [2.45, 2.75) is 45.7 Å². The van der Waals surface area contributed by atoms with E-state index in [1.807, 2.05) is 13.8 Å². The van der Waals surface area contributed by atoms with Gasteiger partial charge in [-0.1, -0.05) is 13.3 Å². The zero-order chi connectivity index (χ0) is 12.3. The van der Waals surface area contributed by atoms with E-state index in [4.69, 9.17) is 5.73 Å². The van der Waals surface area contributed by atoms with E-state index in [-0.39, 0.29) is 18.0 Å². The average molecular weight is 249 g/mol. The van der Waals surface area contributed by atoms with Crippen LogP contribution in [0.2, 0.25) is 0 Å². The number of nitrogens with zero attached hydrogens (tertiary/aromatic N) is 1. The summed E-state index contributed by atoms with van der Waals surface area (Å²) in [7, 11) is -3.32. The lowest BCUT2D eigenvalue weighted by Crippen LogP contribution is -2.53. The Labute approximate surface area is 98.6 Å². The topological polar surface area (TPSA) is 75.4 Å². The van der Waals surface area contributed by atoms with Crippen molar-refractivity contribution in [3.8, 4) is 0 Å². The molecule has 5 nitrogen and oxygen atoms in total. The van der Waals surface area contributed by atoms with E-state index < -0.39 is 10.2 Å². The fourth-order valence-electron chi connectivity index (χ4n) is 2.04. The second-order valence-corrected chi connectivity index (χ2v) is 6.46. The van der Waals surface area contributed by atoms with Crippen LogP contribution in [0.25, 0.3) is 0 Å². The minimum atomic E-state index is -3.32. The Balaban J connectivity index is 2.68. The van der Waals surface area contributed by atoms with Crippen molar-refractivity contribution in [2.75, 3.05) is 13.1 Å². The molecule has 0 radical (unpaired) electrons. The van der Waals surface area contributed by atoms with Crippen LogP contribution in [0.15, 0.2) is 0 Å². The van der Waals surface area contributed by atoms with Gasteiger partial charge in [0.1, 0.15) is 0 Å². The van der Waals surface area contributed by atoms with Crippen molar-refractivity contribution in [1.29, 1.82) is 0 Å². The standard InChI is InChI=1S/C10H23N3O2S/c1-4-9-7-13(6-5-10(9)11)16(14,15)12-8(2)3/h8-10,12H,4-7,11H2,1-3H3. The SMILES string of the molecule is CCC1CN(S(=O)(=O)NC(C)C)CCC1N.